The highest BCUT2D eigenvalue weighted by atomic mass is 35.5. The van der Waals surface area contributed by atoms with E-state index in [0.717, 1.165) is 11.1 Å². The average Bonchev–Trinajstić information content (AvgIpc) is 2.78. The first kappa shape index (κ1) is 25.3. The van der Waals surface area contributed by atoms with Gasteiger partial charge in [-0.3, -0.25) is 4.79 Å². The molecule has 1 amide bonds. The number of rotatable bonds is 7. The van der Waals surface area contributed by atoms with Gasteiger partial charge in [-0.1, -0.05) is 85.9 Å². The van der Waals surface area contributed by atoms with E-state index in [0.29, 0.717) is 35.4 Å². The Kier molecular flexibility index (Phi) is 8.22. The van der Waals surface area contributed by atoms with Crippen molar-refractivity contribution < 1.29 is 4.79 Å². The predicted octanol–water partition coefficient (Wildman–Crippen LogP) is 6.66. The number of hydrogen-bond donors (Lipinski definition) is 1. The number of amides is 1. The summed E-state index contributed by atoms with van der Waals surface area (Å²) in [6.45, 7) is 7.39. The molecular weight excluding hydrogens is 479 g/mol. The summed E-state index contributed by atoms with van der Waals surface area (Å²) in [4.78, 5) is 23.7. The summed E-state index contributed by atoms with van der Waals surface area (Å²) in [5, 5.41) is 4.07. The third-order valence-electron chi connectivity index (χ3n) is 5.32. The monoisotopic (exact) mass is 504 g/mol. The molecule has 0 aliphatic heterocycles. The van der Waals surface area contributed by atoms with Gasteiger partial charge in [0.1, 0.15) is 5.15 Å². The molecule has 3 aromatic rings. The van der Waals surface area contributed by atoms with Crippen molar-refractivity contribution in [1.82, 2.24) is 14.9 Å². The Morgan fingerprint density at radius 2 is 1.67 bits per heavy atom. The molecule has 1 N–H and O–H groups in total. The number of aromatic nitrogens is 2. The Labute approximate surface area is 210 Å². The molecule has 3 rings (SSSR count). The quantitative estimate of drug-likeness (QED) is 0.390. The van der Waals surface area contributed by atoms with E-state index in [1.807, 2.05) is 12.1 Å². The van der Waals surface area contributed by atoms with Gasteiger partial charge in [0.15, 0.2) is 11.5 Å². The summed E-state index contributed by atoms with van der Waals surface area (Å²) in [5.74, 6) is 0.126. The Morgan fingerprint density at radius 3 is 2.27 bits per heavy atom. The van der Waals surface area contributed by atoms with Crippen LogP contribution < -0.4 is 5.32 Å². The summed E-state index contributed by atoms with van der Waals surface area (Å²) < 4.78 is 0. The van der Waals surface area contributed by atoms with E-state index in [1.54, 1.807) is 18.0 Å². The topological polar surface area (TPSA) is 58.1 Å². The van der Waals surface area contributed by atoms with E-state index in [-0.39, 0.29) is 22.2 Å². The Balaban J connectivity index is 1.89. The number of benzene rings is 2. The summed E-state index contributed by atoms with van der Waals surface area (Å²) in [7, 11) is 1.69. The second-order valence-corrected chi connectivity index (χ2v) is 10.0. The lowest BCUT2D eigenvalue weighted by Crippen LogP contribution is -2.34. The van der Waals surface area contributed by atoms with E-state index in [1.165, 1.54) is 11.8 Å². The van der Waals surface area contributed by atoms with Crippen LogP contribution in [0.2, 0.25) is 15.2 Å². The van der Waals surface area contributed by atoms with Gasteiger partial charge in [0, 0.05) is 20.1 Å². The normalized spacial score (nSPS) is 11.4. The molecule has 8 heteroatoms. The van der Waals surface area contributed by atoms with Gasteiger partial charge in [-0.2, -0.15) is 0 Å². The summed E-state index contributed by atoms with van der Waals surface area (Å²) >= 11 is 18.3. The van der Waals surface area contributed by atoms with E-state index >= 15 is 0 Å². The van der Waals surface area contributed by atoms with Gasteiger partial charge < -0.3 is 10.2 Å². The predicted molar refractivity (Wildman–Crippen MR) is 137 cm³/mol. The molecule has 0 fully saturated rings. The second-order valence-electron chi connectivity index (χ2n) is 8.81. The molecule has 0 unspecified atom stereocenters. The maximum absolute atomic E-state index is 13.5. The third-order valence-corrected chi connectivity index (χ3v) is 6.24. The van der Waals surface area contributed by atoms with Crippen molar-refractivity contribution in [1.29, 1.82) is 0 Å². The zero-order chi connectivity index (χ0) is 24.2. The van der Waals surface area contributed by atoms with Gasteiger partial charge in [0.25, 0.3) is 5.91 Å². The Hall–Kier alpha value is -2.34. The number of nitrogens with zero attached hydrogens (tertiary/aromatic N) is 3. The van der Waals surface area contributed by atoms with Crippen molar-refractivity contribution in [2.24, 2.45) is 0 Å². The van der Waals surface area contributed by atoms with Crippen LogP contribution in [0, 0.1) is 0 Å². The van der Waals surface area contributed by atoms with Crippen LogP contribution in [0.15, 0.2) is 48.7 Å². The van der Waals surface area contributed by atoms with Crippen molar-refractivity contribution in [2.75, 3.05) is 18.9 Å². The molecule has 0 aliphatic rings. The lowest BCUT2D eigenvalue weighted by atomic mass is 9.87. The molecule has 1 heterocycles. The van der Waals surface area contributed by atoms with Crippen LogP contribution in [0.3, 0.4) is 0 Å². The van der Waals surface area contributed by atoms with Crippen molar-refractivity contribution in [3.63, 3.8) is 0 Å². The number of nitrogens with one attached hydrogen (secondary N) is 1. The number of carbonyl (C=O) groups excluding carboxylic acids is 1. The molecule has 0 saturated heterocycles. The molecule has 0 saturated carbocycles. The minimum atomic E-state index is -0.255. The summed E-state index contributed by atoms with van der Waals surface area (Å²) in [6.07, 6.45) is 2.01. The highest BCUT2D eigenvalue weighted by molar-refractivity contribution is 6.42. The first-order valence-corrected chi connectivity index (χ1v) is 11.7. The maximum atomic E-state index is 13.5. The van der Waals surface area contributed by atoms with E-state index in [4.69, 9.17) is 34.8 Å². The zero-order valence-electron chi connectivity index (χ0n) is 19.1. The smallest absolute Gasteiger partial charge is 0.276 e. The Bertz CT molecular complexity index is 1130. The average molecular weight is 506 g/mol. The van der Waals surface area contributed by atoms with Gasteiger partial charge >= 0.3 is 0 Å². The van der Waals surface area contributed by atoms with Crippen LogP contribution in [-0.4, -0.2) is 34.4 Å². The molecule has 0 spiro atoms. The SMILES string of the molecule is CNc1ncc(Cl)nc1C(=O)N(CCc1ccc(Cl)c(Cl)c1)Cc1ccc(C(C)(C)C)cc1. The van der Waals surface area contributed by atoms with Crippen LogP contribution in [-0.2, 0) is 18.4 Å². The van der Waals surface area contributed by atoms with Gasteiger partial charge in [-0.05, 0) is 40.7 Å². The van der Waals surface area contributed by atoms with E-state index in [2.05, 4.69) is 60.3 Å². The molecule has 0 bridgehead atoms. The standard InChI is InChI=1S/C25H27Cl3N4O/c1-25(2,3)18-8-5-17(6-9-18)15-32(12-11-16-7-10-19(26)20(27)13-16)24(33)22-23(29-4)30-14-21(28)31-22/h5-10,13-14H,11-12,15H2,1-4H3,(H,29,30). The van der Waals surface area contributed by atoms with Crippen LogP contribution in [0.4, 0.5) is 5.82 Å². The highest BCUT2D eigenvalue weighted by Gasteiger charge is 2.23. The van der Waals surface area contributed by atoms with Crippen molar-refractivity contribution in [3.05, 3.63) is 86.2 Å². The fraction of sp³-hybridized carbons (Fsp3) is 0.320. The molecule has 174 valence electrons. The molecule has 0 radical (unpaired) electrons. The minimum absolute atomic E-state index is 0.0555. The number of anilines is 1. The molecule has 0 aliphatic carbocycles. The van der Waals surface area contributed by atoms with Crippen molar-refractivity contribution in [2.45, 2.75) is 39.2 Å². The van der Waals surface area contributed by atoms with Crippen LogP contribution >= 0.6 is 34.8 Å². The second kappa shape index (κ2) is 10.7. The number of carbonyl (C=O) groups is 1. The first-order chi connectivity index (χ1) is 15.6. The largest absolute Gasteiger partial charge is 0.371 e. The number of hydrogen-bond acceptors (Lipinski definition) is 4. The van der Waals surface area contributed by atoms with Crippen LogP contribution in [0.25, 0.3) is 0 Å². The third kappa shape index (κ3) is 6.59. The van der Waals surface area contributed by atoms with E-state index in [9.17, 15) is 4.79 Å². The van der Waals surface area contributed by atoms with Gasteiger partial charge in [0.05, 0.1) is 16.2 Å². The molecule has 2 aromatic carbocycles. The zero-order valence-corrected chi connectivity index (χ0v) is 21.4. The lowest BCUT2D eigenvalue weighted by Gasteiger charge is -2.24. The van der Waals surface area contributed by atoms with Crippen molar-refractivity contribution >= 4 is 46.5 Å². The van der Waals surface area contributed by atoms with Crippen LogP contribution in [0.5, 0.6) is 0 Å². The summed E-state index contributed by atoms with van der Waals surface area (Å²) in [6, 6.07) is 13.8. The molecular formula is C25H27Cl3N4O. The van der Waals surface area contributed by atoms with Gasteiger partial charge in [-0.25, -0.2) is 9.97 Å². The van der Waals surface area contributed by atoms with Crippen LogP contribution in [0.1, 0.15) is 48.0 Å². The molecule has 5 nitrogen and oxygen atoms in total. The minimum Gasteiger partial charge on any atom is -0.371 e. The first-order valence-electron chi connectivity index (χ1n) is 10.6. The fourth-order valence-electron chi connectivity index (χ4n) is 3.39. The number of halogens is 3. The molecule has 1 aromatic heterocycles. The Morgan fingerprint density at radius 1 is 1.00 bits per heavy atom. The molecule has 33 heavy (non-hydrogen) atoms. The molecule has 0 atom stereocenters. The highest BCUT2D eigenvalue weighted by Crippen LogP contribution is 2.25. The fourth-order valence-corrected chi connectivity index (χ4v) is 3.85. The maximum Gasteiger partial charge on any atom is 0.276 e. The summed E-state index contributed by atoms with van der Waals surface area (Å²) in [5.41, 5.74) is 3.48. The van der Waals surface area contributed by atoms with Gasteiger partial charge in [0.2, 0.25) is 0 Å². The van der Waals surface area contributed by atoms with Crippen molar-refractivity contribution in [3.8, 4) is 0 Å². The lowest BCUT2D eigenvalue weighted by molar-refractivity contribution is 0.0740. The van der Waals surface area contributed by atoms with Gasteiger partial charge in [-0.15, -0.1) is 0 Å². The van der Waals surface area contributed by atoms with E-state index < -0.39 is 0 Å².